The van der Waals surface area contributed by atoms with Gasteiger partial charge in [0.15, 0.2) is 11.5 Å². The summed E-state index contributed by atoms with van der Waals surface area (Å²) in [6.45, 7) is 2.42. The minimum Gasteiger partial charge on any atom is -0.503 e. The number of thiophene rings is 1. The summed E-state index contributed by atoms with van der Waals surface area (Å²) in [5.41, 5.74) is 1.13. The van der Waals surface area contributed by atoms with E-state index in [1.807, 2.05) is 18.2 Å². The highest BCUT2D eigenvalue weighted by molar-refractivity contribution is 9.10. The van der Waals surface area contributed by atoms with E-state index in [0.29, 0.717) is 38.4 Å². The number of phenols is 1. The van der Waals surface area contributed by atoms with Crippen molar-refractivity contribution in [3.05, 3.63) is 44.7 Å². The second-order valence-electron chi connectivity index (χ2n) is 7.30. The molecule has 9 heteroatoms. The maximum Gasteiger partial charge on any atom is 0.263 e. The Kier molecular flexibility index (Phi) is 6.41. The molecule has 0 atom stereocenters. The molecule has 2 heterocycles. The van der Waals surface area contributed by atoms with Crippen LogP contribution in [0.4, 0.5) is 0 Å². The lowest BCUT2D eigenvalue weighted by atomic mass is 10.1. The number of methoxy groups -OCH3 is 2. The molecule has 2 aromatic heterocycles. The molecule has 0 unspecified atom stereocenters. The normalized spacial score (nSPS) is 11.4. The summed E-state index contributed by atoms with van der Waals surface area (Å²) in [4.78, 5) is 19.2. The van der Waals surface area contributed by atoms with Crippen molar-refractivity contribution in [3.63, 3.8) is 0 Å². The molecule has 32 heavy (non-hydrogen) atoms. The molecular weight excluding hydrogens is 496 g/mol. The first-order valence-electron chi connectivity index (χ1n) is 10.2. The van der Waals surface area contributed by atoms with Crippen molar-refractivity contribution < 1.29 is 19.7 Å². The Bertz CT molecular complexity index is 1380. The molecule has 7 nitrogen and oxygen atoms in total. The second kappa shape index (κ2) is 9.09. The van der Waals surface area contributed by atoms with Crippen LogP contribution in [0.1, 0.15) is 25.3 Å². The van der Waals surface area contributed by atoms with Gasteiger partial charge >= 0.3 is 0 Å². The first kappa shape index (κ1) is 22.6. The van der Waals surface area contributed by atoms with Crippen LogP contribution in [-0.2, 0) is 13.2 Å². The van der Waals surface area contributed by atoms with Crippen LogP contribution in [0.15, 0.2) is 33.5 Å². The molecule has 0 radical (unpaired) electrons. The van der Waals surface area contributed by atoms with E-state index in [1.54, 1.807) is 10.6 Å². The Hall–Kier alpha value is -2.62. The van der Waals surface area contributed by atoms with Crippen LogP contribution in [0.2, 0.25) is 0 Å². The van der Waals surface area contributed by atoms with Crippen molar-refractivity contribution in [3.8, 4) is 28.6 Å². The van der Waals surface area contributed by atoms with Crippen molar-refractivity contribution in [1.29, 1.82) is 0 Å². The fourth-order valence-electron chi connectivity index (χ4n) is 3.81. The van der Waals surface area contributed by atoms with Gasteiger partial charge in [-0.3, -0.25) is 9.36 Å². The van der Waals surface area contributed by atoms with Gasteiger partial charge in [0.05, 0.1) is 30.7 Å². The minimum atomic E-state index is -0.152. The van der Waals surface area contributed by atoms with Gasteiger partial charge in [0, 0.05) is 22.2 Å². The Morgan fingerprint density at radius 3 is 2.69 bits per heavy atom. The predicted octanol–water partition coefficient (Wildman–Crippen LogP) is 5.06. The van der Waals surface area contributed by atoms with Gasteiger partial charge in [-0.2, -0.15) is 0 Å². The lowest BCUT2D eigenvalue weighted by molar-refractivity contribution is 0.283. The third-order valence-corrected chi connectivity index (χ3v) is 7.41. The number of ether oxygens (including phenoxy) is 2. The van der Waals surface area contributed by atoms with Crippen LogP contribution in [0.3, 0.4) is 0 Å². The fraction of sp³-hybridized carbons (Fsp3) is 0.304. The van der Waals surface area contributed by atoms with Crippen LogP contribution >= 0.6 is 27.3 Å². The lowest BCUT2D eigenvalue weighted by Gasteiger charge is -2.17. The Labute approximate surface area is 197 Å². The zero-order chi connectivity index (χ0) is 23.0. The smallest absolute Gasteiger partial charge is 0.263 e. The van der Waals surface area contributed by atoms with Gasteiger partial charge in [-0.15, -0.1) is 11.3 Å². The van der Waals surface area contributed by atoms with E-state index >= 15 is 0 Å². The summed E-state index contributed by atoms with van der Waals surface area (Å²) < 4.78 is 13.5. The molecule has 0 aliphatic heterocycles. The van der Waals surface area contributed by atoms with Crippen LogP contribution in [0.5, 0.6) is 17.2 Å². The standard InChI is InChI=1S/C23H23BrN2O5S/c1-4-5-9-26-21(14-10-15(30-2)19(31-3)18(28)17(14)24)25-22-16(23(26)29)13-8-6-7-12(11-27)20(13)32-22/h6-8,10,27-28H,4-5,9,11H2,1-3H3. The lowest BCUT2D eigenvalue weighted by Crippen LogP contribution is -2.23. The van der Waals surface area contributed by atoms with E-state index < -0.39 is 0 Å². The van der Waals surface area contributed by atoms with Crippen molar-refractivity contribution in [1.82, 2.24) is 9.55 Å². The SMILES string of the molecule is CCCCn1c(-c2cc(OC)c(OC)c(O)c2Br)nc2sc3c(CO)cccc3c2c1=O. The molecule has 0 aliphatic carbocycles. The van der Waals surface area contributed by atoms with E-state index in [0.717, 1.165) is 28.5 Å². The molecular formula is C23H23BrN2O5S. The number of aromatic nitrogens is 2. The van der Waals surface area contributed by atoms with Crippen LogP contribution in [0, 0.1) is 0 Å². The molecule has 168 valence electrons. The van der Waals surface area contributed by atoms with Crippen LogP contribution in [0.25, 0.3) is 31.7 Å². The van der Waals surface area contributed by atoms with Crippen LogP contribution < -0.4 is 15.0 Å². The number of aliphatic hydroxyl groups is 1. The topological polar surface area (TPSA) is 93.8 Å². The molecule has 0 fully saturated rings. The van der Waals surface area contributed by atoms with Gasteiger partial charge < -0.3 is 19.7 Å². The van der Waals surface area contributed by atoms with E-state index in [-0.39, 0.29) is 23.7 Å². The molecule has 0 bridgehead atoms. The van der Waals surface area contributed by atoms with Gasteiger partial charge in [0.1, 0.15) is 10.7 Å². The quantitative estimate of drug-likeness (QED) is 0.355. The number of fused-ring (bicyclic) bond motifs is 3. The average molecular weight is 519 g/mol. The molecule has 0 amide bonds. The Morgan fingerprint density at radius 2 is 2.03 bits per heavy atom. The summed E-state index contributed by atoms with van der Waals surface area (Å²) in [5.74, 6) is 0.827. The maximum atomic E-state index is 13.7. The molecule has 0 saturated heterocycles. The molecule has 0 saturated carbocycles. The third kappa shape index (κ3) is 3.54. The largest absolute Gasteiger partial charge is 0.503 e. The predicted molar refractivity (Wildman–Crippen MR) is 130 cm³/mol. The summed E-state index contributed by atoms with van der Waals surface area (Å²) >= 11 is 4.83. The zero-order valence-electron chi connectivity index (χ0n) is 17.9. The highest BCUT2D eigenvalue weighted by Crippen LogP contribution is 2.47. The van der Waals surface area contributed by atoms with E-state index in [2.05, 4.69) is 22.9 Å². The van der Waals surface area contributed by atoms with Gasteiger partial charge in [-0.1, -0.05) is 31.5 Å². The molecule has 0 spiro atoms. The van der Waals surface area contributed by atoms with E-state index in [9.17, 15) is 15.0 Å². The molecule has 2 N–H and O–H groups in total. The number of aliphatic hydroxyl groups excluding tert-OH is 1. The number of benzene rings is 2. The summed E-state index contributed by atoms with van der Waals surface area (Å²) in [6, 6.07) is 7.27. The number of unbranched alkanes of at least 4 members (excludes halogenated alkanes) is 1. The number of halogens is 1. The van der Waals surface area contributed by atoms with Gasteiger partial charge in [0.25, 0.3) is 5.56 Å². The van der Waals surface area contributed by atoms with Gasteiger partial charge in [-0.25, -0.2) is 4.98 Å². The van der Waals surface area contributed by atoms with Crippen molar-refractivity contribution in [2.75, 3.05) is 14.2 Å². The number of hydrogen-bond donors (Lipinski definition) is 2. The highest BCUT2D eigenvalue weighted by Gasteiger charge is 2.24. The first-order valence-corrected chi connectivity index (χ1v) is 11.8. The van der Waals surface area contributed by atoms with Crippen molar-refractivity contribution >= 4 is 47.6 Å². The van der Waals surface area contributed by atoms with Crippen LogP contribution in [-0.4, -0.2) is 34.0 Å². The van der Waals surface area contributed by atoms with Crippen molar-refractivity contribution in [2.24, 2.45) is 0 Å². The summed E-state index contributed by atoms with van der Waals surface area (Å²) in [7, 11) is 2.93. The second-order valence-corrected chi connectivity index (χ2v) is 9.09. The molecule has 2 aromatic carbocycles. The third-order valence-electron chi connectivity index (χ3n) is 5.43. The Morgan fingerprint density at radius 1 is 1.25 bits per heavy atom. The first-order chi connectivity index (χ1) is 15.5. The highest BCUT2D eigenvalue weighted by atomic mass is 79.9. The monoisotopic (exact) mass is 518 g/mol. The summed E-state index contributed by atoms with van der Waals surface area (Å²) in [5, 5.41) is 21.8. The zero-order valence-corrected chi connectivity index (χ0v) is 20.3. The van der Waals surface area contributed by atoms with Crippen molar-refractivity contribution in [2.45, 2.75) is 32.9 Å². The molecule has 4 rings (SSSR count). The van der Waals surface area contributed by atoms with Gasteiger partial charge in [0.2, 0.25) is 5.75 Å². The number of phenolic OH excluding ortho intramolecular Hbond substituents is 1. The van der Waals surface area contributed by atoms with Gasteiger partial charge in [-0.05, 0) is 34.0 Å². The number of aromatic hydroxyl groups is 1. The van der Waals surface area contributed by atoms with E-state index in [4.69, 9.17) is 14.5 Å². The number of nitrogens with zero attached hydrogens (tertiary/aromatic N) is 2. The Balaban J connectivity index is 2.11. The number of hydrogen-bond acceptors (Lipinski definition) is 7. The number of rotatable bonds is 7. The maximum absolute atomic E-state index is 13.7. The average Bonchev–Trinajstić information content (AvgIpc) is 3.18. The minimum absolute atomic E-state index is 0.115. The summed E-state index contributed by atoms with van der Waals surface area (Å²) in [6.07, 6.45) is 1.70. The molecule has 4 aromatic rings. The fourth-order valence-corrected chi connectivity index (χ4v) is 5.45. The van der Waals surface area contributed by atoms with E-state index in [1.165, 1.54) is 25.6 Å². The molecule has 0 aliphatic rings.